The van der Waals surface area contributed by atoms with Crippen molar-refractivity contribution in [3.63, 3.8) is 0 Å². The molecule has 1 unspecified atom stereocenters. The first-order valence-electron chi connectivity index (χ1n) is 11.1. The van der Waals surface area contributed by atoms with Gasteiger partial charge in [-0.15, -0.1) is 0 Å². The zero-order valence-corrected chi connectivity index (χ0v) is 18.5. The van der Waals surface area contributed by atoms with Crippen molar-refractivity contribution in [3.05, 3.63) is 66.1 Å². The fraction of sp³-hybridized carbons (Fsp3) is 0.440. The molecular weight excluding hydrogens is 388 g/mol. The van der Waals surface area contributed by atoms with Crippen LogP contribution < -0.4 is 4.74 Å². The van der Waals surface area contributed by atoms with Gasteiger partial charge >= 0.3 is 0 Å². The molecule has 1 atom stereocenters. The lowest BCUT2D eigenvalue weighted by Gasteiger charge is -2.34. The van der Waals surface area contributed by atoms with E-state index >= 15 is 0 Å². The average molecular weight is 421 g/mol. The first-order chi connectivity index (χ1) is 15.2. The Balaban J connectivity index is 1.23. The van der Waals surface area contributed by atoms with E-state index in [1.807, 2.05) is 42.5 Å². The second kappa shape index (κ2) is 10.6. The van der Waals surface area contributed by atoms with Gasteiger partial charge < -0.3 is 14.2 Å². The molecule has 1 aliphatic rings. The minimum atomic E-state index is 0.659. The Hall–Kier alpha value is -2.70. The summed E-state index contributed by atoms with van der Waals surface area (Å²) in [7, 11) is 3.85. The summed E-state index contributed by atoms with van der Waals surface area (Å²) in [6, 6.07) is 18.4. The van der Waals surface area contributed by atoms with Crippen LogP contribution in [0.25, 0.3) is 11.4 Å². The number of piperidine rings is 1. The Kier molecular flexibility index (Phi) is 7.33. The molecule has 2 aromatic carbocycles. The normalized spacial score (nSPS) is 17.2. The predicted octanol–water partition coefficient (Wildman–Crippen LogP) is 4.13. The molecular formula is C25H32N4O2. The van der Waals surface area contributed by atoms with Gasteiger partial charge in [0.25, 0.3) is 0 Å². The zero-order chi connectivity index (χ0) is 21.5. The van der Waals surface area contributed by atoms with Crippen LogP contribution in [-0.4, -0.2) is 60.3 Å². The van der Waals surface area contributed by atoms with Crippen LogP contribution in [0.4, 0.5) is 0 Å². The van der Waals surface area contributed by atoms with Gasteiger partial charge in [-0.3, -0.25) is 4.90 Å². The molecule has 0 N–H and O–H groups in total. The maximum Gasteiger partial charge on any atom is 0.241 e. The van der Waals surface area contributed by atoms with Crippen LogP contribution in [0.3, 0.4) is 0 Å². The van der Waals surface area contributed by atoms with Crippen molar-refractivity contribution in [1.82, 2.24) is 19.9 Å². The summed E-state index contributed by atoms with van der Waals surface area (Å²) >= 11 is 0. The first-order valence-corrected chi connectivity index (χ1v) is 11.1. The maximum absolute atomic E-state index is 5.48. The smallest absolute Gasteiger partial charge is 0.241 e. The molecule has 2 heterocycles. The molecule has 0 aliphatic carbocycles. The van der Waals surface area contributed by atoms with Crippen molar-refractivity contribution >= 4 is 0 Å². The molecule has 6 nitrogen and oxygen atoms in total. The number of rotatable bonds is 9. The molecule has 1 aromatic heterocycles. The molecule has 0 radical (unpaired) electrons. The van der Waals surface area contributed by atoms with Crippen molar-refractivity contribution in [2.75, 3.05) is 40.3 Å². The van der Waals surface area contributed by atoms with Gasteiger partial charge in [0, 0.05) is 25.2 Å². The highest BCUT2D eigenvalue weighted by molar-refractivity contribution is 5.53. The molecule has 4 rings (SSSR count). The molecule has 1 aliphatic heterocycles. The molecule has 0 bridgehead atoms. The van der Waals surface area contributed by atoms with Crippen LogP contribution in [0.15, 0.2) is 59.1 Å². The van der Waals surface area contributed by atoms with Crippen molar-refractivity contribution in [2.45, 2.75) is 25.8 Å². The summed E-state index contributed by atoms with van der Waals surface area (Å²) in [5, 5.41) is 4.13. The Bertz CT molecular complexity index is 926. The lowest BCUT2D eigenvalue weighted by molar-refractivity contribution is 0.137. The molecule has 1 fully saturated rings. The van der Waals surface area contributed by atoms with Gasteiger partial charge in [-0.05, 0) is 56.5 Å². The van der Waals surface area contributed by atoms with Crippen molar-refractivity contribution in [1.29, 1.82) is 0 Å². The van der Waals surface area contributed by atoms with E-state index < -0.39 is 0 Å². The third-order valence-corrected chi connectivity index (χ3v) is 5.95. The lowest BCUT2D eigenvalue weighted by Crippen LogP contribution is -2.40. The standard InChI is InChI=1S/C25H32N4O2/c1-28(19-24-26-25(27-31-24)22-8-4-3-5-9-22)17-21-7-6-15-29(18-21)16-14-20-10-12-23(30-2)13-11-20/h3-5,8-13,21H,6-7,14-19H2,1-2H3. The summed E-state index contributed by atoms with van der Waals surface area (Å²) in [6.07, 6.45) is 3.62. The van der Waals surface area contributed by atoms with Gasteiger partial charge in [0.05, 0.1) is 13.7 Å². The molecule has 6 heteroatoms. The molecule has 0 amide bonds. The molecule has 0 spiro atoms. The second-order valence-electron chi connectivity index (χ2n) is 8.48. The van der Waals surface area contributed by atoms with E-state index in [2.05, 4.69) is 39.1 Å². The van der Waals surface area contributed by atoms with Crippen LogP contribution in [0.2, 0.25) is 0 Å². The molecule has 0 saturated carbocycles. The molecule has 1 saturated heterocycles. The van der Waals surface area contributed by atoms with E-state index in [9.17, 15) is 0 Å². The van der Waals surface area contributed by atoms with E-state index in [-0.39, 0.29) is 0 Å². The summed E-state index contributed by atoms with van der Waals surface area (Å²) in [5.41, 5.74) is 2.35. The number of aromatic nitrogens is 2. The van der Waals surface area contributed by atoms with Gasteiger partial charge in [-0.1, -0.05) is 47.6 Å². The lowest BCUT2D eigenvalue weighted by atomic mass is 9.97. The van der Waals surface area contributed by atoms with Gasteiger partial charge in [0.2, 0.25) is 11.7 Å². The number of benzene rings is 2. The highest BCUT2D eigenvalue weighted by atomic mass is 16.5. The quantitative estimate of drug-likeness (QED) is 0.519. The molecule has 3 aromatic rings. The first kappa shape index (κ1) is 21.5. The largest absolute Gasteiger partial charge is 0.497 e. The van der Waals surface area contributed by atoms with Crippen LogP contribution >= 0.6 is 0 Å². The SMILES string of the molecule is COc1ccc(CCN2CCCC(CN(C)Cc3nc(-c4ccccc4)no3)C2)cc1. The maximum atomic E-state index is 5.48. The number of nitrogens with zero attached hydrogens (tertiary/aromatic N) is 4. The Labute approximate surface area is 184 Å². The van der Waals surface area contributed by atoms with Crippen molar-refractivity contribution in [3.8, 4) is 17.1 Å². The van der Waals surface area contributed by atoms with E-state index in [4.69, 9.17) is 9.26 Å². The summed E-state index contributed by atoms with van der Waals surface area (Å²) in [4.78, 5) is 9.47. The van der Waals surface area contributed by atoms with E-state index in [1.54, 1.807) is 7.11 Å². The van der Waals surface area contributed by atoms with E-state index in [1.165, 1.54) is 24.9 Å². The fourth-order valence-electron chi connectivity index (χ4n) is 4.34. The Morgan fingerprint density at radius 2 is 1.94 bits per heavy atom. The predicted molar refractivity (Wildman–Crippen MR) is 122 cm³/mol. The Morgan fingerprint density at radius 3 is 2.71 bits per heavy atom. The zero-order valence-electron chi connectivity index (χ0n) is 18.5. The minimum Gasteiger partial charge on any atom is -0.497 e. The topological polar surface area (TPSA) is 54.6 Å². The number of methoxy groups -OCH3 is 1. The third kappa shape index (κ3) is 6.15. The summed E-state index contributed by atoms with van der Waals surface area (Å²) in [5.74, 6) is 2.92. The van der Waals surface area contributed by atoms with Gasteiger partial charge in [-0.2, -0.15) is 4.98 Å². The van der Waals surface area contributed by atoms with Crippen LogP contribution in [-0.2, 0) is 13.0 Å². The highest BCUT2D eigenvalue weighted by Gasteiger charge is 2.22. The van der Waals surface area contributed by atoms with Crippen LogP contribution in [0.5, 0.6) is 5.75 Å². The van der Waals surface area contributed by atoms with E-state index in [0.717, 1.165) is 37.4 Å². The van der Waals surface area contributed by atoms with E-state index in [0.29, 0.717) is 24.2 Å². The number of hydrogen-bond donors (Lipinski definition) is 0. The van der Waals surface area contributed by atoms with Gasteiger partial charge in [-0.25, -0.2) is 0 Å². The van der Waals surface area contributed by atoms with Crippen molar-refractivity contribution in [2.24, 2.45) is 5.92 Å². The second-order valence-corrected chi connectivity index (χ2v) is 8.48. The third-order valence-electron chi connectivity index (χ3n) is 5.95. The molecule has 31 heavy (non-hydrogen) atoms. The minimum absolute atomic E-state index is 0.659. The monoisotopic (exact) mass is 420 g/mol. The summed E-state index contributed by atoms with van der Waals surface area (Å²) < 4.78 is 10.7. The van der Waals surface area contributed by atoms with Crippen LogP contribution in [0, 0.1) is 5.92 Å². The molecule has 164 valence electrons. The number of likely N-dealkylation sites (tertiary alicyclic amines) is 1. The number of ether oxygens (including phenoxy) is 1. The Morgan fingerprint density at radius 1 is 1.13 bits per heavy atom. The number of hydrogen-bond acceptors (Lipinski definition) is 6. The summed E-state index contributed by atoms with van der Waals surface area (Å²) in [6.45, 7) is 5.18. The van der Waals surface area contributed by atoms with Crippen molar-refractivity contribution < 1.29 is 9.26 Å². The highest BCUT2D eigenvalue weighted by Crippen LogP contribution is 2.20. The van der Waals surface area contributed by atoms with Gasteiger partial charge in [0.15, 0.2) is 0 Å². The fourth-order valence-corrected chi connectivity index (χ4v) is 4.34. The van der Waals surface area contributed by atoms with Gasteiger partial charge in [0.1, 0.15) is 5.75 Å². The van der Waals surface area contributed by atoms with Crippen LogP contribution in [0.1, 0.15) is 24.3 Å². The average Bonchev–Trinajstić information content (AvgIpc) is 3.27.